The molecule has 1 N–H and O–H groups in total. The number of hydrogen-bond donors (Lipinski definition) is 1. The summed E-state index contributed by atoms with van der Waals surface area (Å²) in [4.78, 5) is 17.0. The molecule has 0 aromatic carbocycles. The van der Waals surface area contributed by atoms with Gasteiger partial charge >= 0.3 is 5.97 Å². The van der Waals surface area contributed by atoms with Gasteiger partial charge in [0, 0.05) is 12.4 Å². The van der Waals surface area contributed by atoms with E-state index in [2.05, 4.69) is 4.99 Å². The highest BCUT2D eigenvalue weighted by molar-refractivity contribution is 6.32. The van der Waals surface area contributed by atoms with E-state index in [4.69, 9.17) is 16.3 Å². The molecule has 17 heavy (non-hydrogen) atoms. The SMILES string of the molecule is CCOC(=O)C1=CN=C2C=CC(Cl)=CN2[C@@H]1O. The molecule has 6 heteroatoms. The minimum atomic E-state index is -1.12. The normalized spacial score (nSPS) is 22.4. The van der Waals surface area contributed by atoms with E-state index >= 15 is 0 Å². The molecule has 2 aliphatic heterocycles. The summed E-state index contributed by atoms with van der Waals surface area (Å²) in [5, 5.41) is 10.5. The minimum Gasteiger partial charge on any atom is -0.462 e. The second-order valence-electron chi connectivity index (χ2n) is 3.42. The Morgan fingerprint density at radius 3 is 3.12 bits per heavy atom. The molecule has 1 atom stereocenters. The number of ether oxygens (including phenoxy) is 1. The highest BCUT2D eigenvalue weighted by atomic mass is 35.5. The number of carbonyl (C=O) groups is 1. The maximum atomic E-state index is 11.5. The third-order valence-electron chi connectivity index (χ3n) is 2.31. The van der Waals surface area contributed by atoms with Crippen molar-refractivity contribution in [1.29, 1.82) is 0 Å². The van der Waals surface area contributed by atoms with Crippen LogP contribution in [0.4, 0.5) is 0 Å². The van der Waals surface area contributed by atoms with E-state index in [9.17, 15) is 9.90 Å². The quantitative estimate of drug-likeness (QED) is 0.750. The maximum Gasteiger partial charge on any atom is 0.340 e. The summed E-state index contributed by atoms with van der Waals surface area (Å²) in [6.07, 6.45) is 5.01. The molecule has 0 aromatic rings. The Hall–Kier alpha value is -1.59. The van der Waals surface area contributed by atoms with Crippen molar-refractivity contribution in [2.45, 2.75) is 13.2 Å². The van der Waals surface area contributed by atoms with Crippen molar-refractivity contribution >= 4 is 23.4 Å². The van der Waals surface area contributed by atoms with Gasteiger partial charge < -0.3 is 14.7 Å². The number of halogens is 1. The van der Waals surface area contributed by atoms with Gasteiger partial charge in [0.25, 0.3) is 0 Å². The van der Waals surface area contributed by atoms with Crippen molar-refractivity contribution in [3.63, 3.8) is 0 Å². The Morgan fingerprint density at radius 2 is 2.41 bits per heavy atom. The van der Waals surface area contributed by atoms with E-state index in [1.165, 1.54) is 17.3 Å². The molecule has 0 aromatic heterocycles. The molecule has 0 radical (unpaired) electrons. The summed E-state index contributed by atoms with van der Waals surface area (Å²) in [6.45, 7) is 1.94. The minimum absolute atomic E-state index is 0.0895. The second-order valence-corrected chi connectivity index (χ2v) is 3.86. The molecule has 0 aliphatic carbocycles. The van der Waals surface area contributed by atoms with Crippen molar-refractivity contribution in [1.82, 2.24) is 4.90 Å². The lowest BCUT2D eigenvalue weighted by Gasteiger charge is -2.31. The van der Waals surface area contributed by atoms with Gasteiger partial charge in [0.15, 0.2) is 6.23 Å². The van der Waals surface area contributed by atoms with Crippen molar-refractivity contribution in [3.05, 3.63) is 35.2 Å². The largest absolute Gasteiger partial charge is 0.462 e. The van der Waals surface area contributed by atoms with Crippen molar-refractivity contribution in [3.8, 4) is 0 Å². The Labute approximate surface area is 103 Å². The number of amidine groups is 1. The van der Waals surface area contributed by atoms with Crippen LogP contribution in [0.15, 0.2) is 40.1 Å². The molecule has 0 fully saturated rings. The topological polar surface area (TPSA) is 62.1 Å². The number of aliphatic hydroxyl groups is 1. The molecule has 2 rings (SSSR count). The lowest BCUT2D eigenvalue weighted by atomic mass is 10.1. The average Bonchev–Trinajstić information content (AvgIpc) is 2.30. The first-order valence-corrected chi connectivity index (χ1v) is 5.48. The predicted molar refractivity (Wildman–Crippen MR) is 63.1 cm³/mol. The van der Waals surface area contributed by atoms with Gasteiger partial charge in [-0.05, 0) is 19.1 Å². The molecule has 2 heterocycles. The monoisotopic (exact) mass is 254 g/mol. The van der Waals surface area contributed by atoms with Crippen LogP contribution < -0.4 is 0 Å². The number of hydrogen-bond acceptors (Lipinski definition) is 5. The van der Waals surface area contributed by atoms with E-state index in [1.54, 1.807) is 19.1 Å². The summed E-state index contributed by atoms with van der Waals surface area (Å²) in [5.74, 6) is -0.0585. The summed E-state index contributed by atoms with van der Waals surface area (Å²) < 4.78 is 4.82. The van der Waals surface area contributed by atoms with Crippen LogP contribution in [0.1, 0.15) is 6.92 Å². The molecule has 0 saturated heterocycles. The van der Waals surface area contributed by atoms with Gasteiger partial charge in [-0.15, -0.1) is 0 Å². The molecular formula is C11H11ClN2O3. The second kappa shape index (κ2) is 4.73. The zero-order chi connectivity index (χ0) is 12.4. The van der Waals surface area contributed by atoms with E-state index in [-0.39, 0.29) is 12.2 Å². The molecule has 5 nitrogen and oxygen atoms in total. The Morgan fingerprint density at radius 1 is 1.65 bits per heavy atom. The fourth-order valence-electron chi connectivity index (χ4n) is 1.51. The van der Waals surface area contributed by atoms with Gasteiger partial charge in [-0.3, -0.25) is 0 Å². The first-order valence-electron chi connectivity index (χ1n) is 5.10. The van der Waals surface area contributed by atoms with Crippen molar-refractivity contribution in [2.75, 3.05) is 6.61 Å². The lowest BCUT2D eigenvalue weighted by Crippen LogP contribution is -2.42. The number of fused-ring (bicyclic) bond motifs is 1. The van der Waals surface area contributed by atoms with Gasteiger partial charge in [0.1, 0.15) is 11.4 Å². The number of carbonyl (C=O) groups excluding carboxylic acids is 1. The number of esters is 1. The van der Waals surface area contributed by atoms with Crippen LogP contribution in [0, 0.1) is 0 Å². The van der Waals surface area contributed by atoms with E-state index in [1.807, 2.05) is 0 Å². The van der Waals surface area contributed by atoms with Crippen LogP contribution >= 0.6 is 11.6 Å². The lowest BCUT2D eigenvalue weighted by molar-refractivity contribution is -0.140. The summed E-state index contributed by atoms with van der Waals surface area (Å²) in [5.41, 5.74) is 0.0895. The zero-order valence-corrected chi connectivity index (χ0v) is 9.89. The van der Waals surface area contributed by atoms with Crippen LogP contribution in [-0.4, -0.2) is 34.6 Å². The van der Waals surface area contributed by atoms with Crippen molar-refractivity contribution in [2.24, 2.45) is 4.99 Å². The number of allylic oxidation sites excluding steroid dienone is 2. The summed E-state index contributed by atoms with van der Waals surface area (Å²) in [6, 6.07) is 0. The molecule has 0 unspecified atom stereocenters. The highest BCUT2D eigenvalue weighted by Crippen LogP contribution is 2.22. The first kappa shape index (κ1) is 11.9. The highest BCUT2D eigenvalue weighted by Gasteiger charge is 2.30. The summed E-state index contributed by atoms with van der Waals surface area (Å²) >= 11 is 5.82. The van der Waals surface area contributed by atoms with Gasteiger partial charge in [-0.1, -0.05) is 11.6 Å². The van der Waals surface area contributed by atoms with E-state index < -0.39 is 12.2 Å². The van der Waals surface area contributed by atoms with Crippen LogP contribution in [0.5, 0.6) is 0 Å². The van der Waals surface area contributed by atoms with Crippen LogP contribution in [0.25, 0.3) is 0 Å². The van der Waals surface area contributed by atoms with Crippen LogP contribution in [0.2, 0.25) is 0 Å². The average molecular weight is 255 g/mol. The fourth-order valence-corrected chi connectivity index (χ4v) is 1.68. The first-order chi connectivity index (χ1) is 8.13. The van der Waals surface area contributed by atoms with Crippen LogP contribution in [-0.2, 0) is 9.53 Å². The molecule has 0 amide bonds. The molecule has 0 bridgehead atoms. The standard InChI is InChI=1S/C11H11ClN2O3/c1-2-17-11(16)8-5-13-9-4-3-7(12)6-14(9)10(8)15/h3-6,10,15H,2H2,1H3/t10-/m1/s1. The molecule has 90 valence electrons. The Bertz CT molecular complexity index is 465. The zero-order valence-electron chi connectivity index (χ0n) is 9.13. The molecule has 0 spiro atoms. The Kier molecular flexibility index (Phi) is 3.31. The smallest absolute Gasteiger partial charge is 0.340 e. The van der Waals surface area contributed by atoms with Gasteiger partial charge in [-0.2, -0.15) is 0 Å². The number of rotatable bonds is 2. The number of aliphatic hydroxyl groups excluding tert-OH is 1. The van der Waals surface area contributed by atoms with Crippen molar-refractivity contribution < 1.29 is 14.6 Å². The molecular weight excluding hydrogens is 244 g/mol. The van der Waals surface area contributed by atoms with Gasteiger partial charge in [0.2, 0.25) is 0 Å². The van der Waals surface area contributed by atoms with E-state index in [0.717, 1.165) is 0 Å². The van der Waals surface area contributed by atoms with Gasteiger partial charge in [0.05, 0.1) is 11.6 Å². The van der Waals surface area contributed by atoms with E-state index in [0.29, 0.717) is 10.9 Å². The Balaban J connectivity index is 2.28. The van der Waals surface area contributed by atoms with Gasteiger partial charge in [-0.25, -0.2) is 9.79 Å². The fraction of sp³-hybridized carbons (Fsp3) is 0.273. The molecule has 2 aliphatic rings. The molecule has 0 saturated carbocycles. The third kappa shape index (κ3) is 2.25. The number of nitrogens with zero attached hydrogens (tertiary/aromatic N) is 2. The predicted octanol–water partition coefficient (Wildman–Crippen LogP) is 1.12. The number of aliphatic imine (C=N–C) groups is 1. The third-order valence-corrected chi connectivity index (χ3v) is 2.53. The summed E-state index contributed by atoms with van der Waals surface area (Å²) in [7, 11) is 0. The van der Waals surface area contributed by atoms with Crippen LogP contribution in [0.3, 0.4) is 0 Å². The maximum absolute atomic E-state index is 11.5.